The monoisotopic (exact) mass is 253 g/mol. The van der Waals surface area contributed by atoms with Crippen molar-refractivity contribution in [1.82, 2.24) is 0 Å². The summed E-state index contributed by atoms with van der Waals surface area (Å²) in [5.74, 6) is 0.247. The molecular formula is C17H19NO. The van der Waals surface area contributed by atoms with Crippen molar-refractivity contribution in [2.45, 2.75) is 13.3 Å². The van der Waals surface area contributed by atoms with Crippen LogP contribution in [0.25, 0.3) is 0 Å². The molecular weight excluding hydrogens is 234 g/mol. The van der Waals surface area contributed by atoms with Gasteiger partial charge < -0.3 is 4.90 Å². The molecule has 0 saturated carbocycles. The van der Waals surface area contributed by atoms with Crippen LogP contribution < -0.4 is 4.90 Å². The van der Waals surface area contributed by atoms with Gasteiger partial charge in [-0.3, -0.25) is 4.79 Å². The molecule has 0 fully saturated rings. The van der Waals surface area contributed by atoms with E-state index in [0.717, 1.165) is 17.8 Å². The highest BCUT2D eigenvalue weighted by molar-refractivity contribution is 5.85. The van der Waals surface area contributed by atoms with Gasteiger partial charge in [-0.2, -0.15) is 0 Å². The Morgan fingerprint density at radius 2 is 1.53 bits per heavy atom. The number of ketones is 1. The van der Waals surface area contributed by atoms with Crippen molar-refractivity contribution in [2.24, 2.45) is 0 Å². The third kappa shape index (κ3) is 3.95. The van der Waals surface area contributed by atoms with Gasteiger partial charge in [-0.1, -0.05) is 48.5 Å². The third-order valence-corrected chi connectivity index (χ3v) is 3.11. The predicted molar refractivity (Wildman–Crippen MR) is 79.5 cm³/mol. The van der Waals surface area contributed by atoms with Gasteiger partial charge in [0.25, 0.3) is 0 Å². The smallest absolute Gasteiger partial charge is 0.156 e. The lowest BCUT2D eigenvalue weighted by Crippen LogP contribution is -2.30. The van der Waals surface area contributed by atoms with Gasteiger partial charge in [0.15, 0.2) is 5.78 Å². The van der Waals surface area contributed by atoms with Crippen LogP contribution in [-0.2, 0) is 11.2 Å². The highest BCUT2D eigenvalue weighted by atomic mass is 16.1. The van der Waals surface area contributed by atoms with Crippen molar-refractivity contribution >= 4 is 11.5 Å². The van der Waals surface area contributed by atoms with Crippen molar-refractivity contribution in [1.29, 1.82) is 0 Å². The summed E-state index contributed by atoms with van der Waals surface area (Å²) in [6, 6.07) is 20.0. The largest absolute Gasteiger partial charge is 0.364 e. The SMILES string of the molecule is CCN(CC(=O)Cc1ccccc1)c1ccccc1. The average Bonchev–Trinajstić information content (AvgIpc) is 2.47. The van der Waals surface area contributed by atoms with Crippen molar-refractivity contribution in [2.75, 3.05) is 18.0 Å². The first-order valence-electron chi connectivity index (χ1n) is 6.65. The molecule has 0 aliphatic carbocycles. The van der Waals surface area contributed by atoms with E-state index in [0.29, 0.717) is 13.0 Å². The Hall–Kier alpha value is -2.09. The fourth-order valence-corrected chi connectivity index (χ4v) is 2.12. The lowest BCUT2D eigenvalue weighted by atomic mass is 10.1. The Bertz CT molecular complexity index is 507. The lowest BCUT2D eigenvalue weighted by molar-refractivity contribution is -0.117. The minimum absolute atomic E-state index is 0.247. The molecule has 0 aliphatic heterocycles. The normalized spacial score (nSPS) is 10.2. The van der Waals surface area contributed by atoms with E-state index in [1.165, 1.54) is 0 Å². The van der Waals surface area contributed by atoms with Crippen LogP contribution >= 0.6 is 0 Å². The number of carbonyl (C=O) groups is 1. The van der Waals surface area contributed by atoms with Crippen molar-refractivity contribution in [3.05, 3.63) is 66.2 Å². The van der Waals surface area contributed by atoms with E-state index in [1.807, 2.05) is 60.7 Å². The minimum Gasteiger partial charge on any atom is -0.364 e. The van der Waals surface area contributed by atoms with Gasteiger partial charge in [-0.15, -0.1) is 0 Å². The van der Waals surface area contributed by atoms with Crippen molar-refractivity contribution in [3.8, 4) is 0 Å². The minimum atomic E-state index is 0.247. The number of likely N-dealkylation sites (N-methyl/N-ethyl adjacent to an activating group) is 1. The Morgan fingerprint density at radius 1 is 0.947 bits per heavy atom. The van der Waals surface area contributed by atoms with Crippen molar-refractivity contribution in [3.63, 3.8) is 0 Å². The molecule has 0 aliphatic rings. The molecule has 0 spiro atoms. The molecule has 0 saturated heterocycles. The Morgan fingerprint density at radius 3 is 2.11 bits per heavy atom. The molecule has 2 heteroatoms. The quantitative estimate of drug-likeness (QED) is 0.787. The lowest BCUT2D eigenvalue weighted by Gasteiger charge is -2.22. The van der Waals surface area contributed by atoms with Gasteiger partial charge in [-0.25, -0.2) is 0 Å². The summed E-state index contributed by atoms with van der Waals surface area (Å²) >= 11 is 0. The highest BCUT2D eigenvalue weighted by Gasteiger charge is 2.10. The molecule has 2 rings (SSSR count). The fourth-order valence-electron chi connectivity index (χ4n) is 2.12. The maximum absolute atomic E-state index is 12.1. The van der Waals surface area contributed by atoms with E-state index in [9.17, 15) is 4.79 Å². The molecule has 0 radical (unpaired) electrons. The number of anilines is 1. The van der Waals surface area contributed by atoms with Gasteiger partial charge >= 0.3 is 0 Å². The number of hydrogen-bond donors (Lipinski definition) is 0. The van der Waals surface area contributed by atoms with Gasteiger partial charge in [0.1, 0.15) is 0 Å². The predicted octanol–water partition coefficient (Wildman–Crippen LogP) is 3.32. The summed E-state index contributed by atoms with van der Waals surface area (Å²) in [4.78, 5) is 14.2. The van der Waals surface area contributed by atoms with Crippen LogP contribution in [0, 0.1) is 0 Å². The summed E-state index contributed by atoms with van der Waals surface area (Å²) in [6.07, 6.45) is 0.504. The molecule has 0 unspecified atom stereocenters. The molecule has 0 heterocycles. The number of carbonyl (C=O) groups excluding carboxylic acids is 1. The highest BCUT2D eigenvalue weighted by Crippen LogP contribution is 2.13. The molecule has 98 valence electrons. The van der Waals surface area contributed by atoms with E-state index in [-0.39, 0.29) is 5.78 Å². The van der Waals surface area contributed by atoms with Crippen molar-refractivity contribution < 1.29 is 4.79 Å². The number of para-hydroxylation sites is 1. The van der Waals surface area contributed by atoms with E-state index in [1.54, 1.807) is 0 Å². The second-order valence-corrected chi connectivity index (χ2v) is 4.55. The van der Waals surface area contributed by atoms with Crippen LogP contribution in [0.5, 0.6) is 0 Å². The summed E-state index contributed by atoms with van der Waals surface area (Å²) in [7, 11) is 0. The molecule has 0 bridgehead atoms. The Kier molecular flexibility index (Phi) is 4.73. The number of rotatable bonds is 6. The second kappa shape index (κ2) is 6.74. The van der Waals surface area contributed by atoms with Gasteiger partial charge in [0.2, 0.25) is 0 Å². The summed E-state index contributed by atoms with van der Waals surface area (Å²) < 4.78 is 0. The fraction of sp³-hybridized carbons (Fsp3) is 0.235. The van der Waals surface area contributed by atoms with Crippen LogP contribution in [0.1, 0.15) is 12.5 Å². The zero-order valence-corrected chi connectivity index (χ0v) is 11.3. The first-order chi connectivity index (χ1) is 9.29. The van der Waals surface area contributed by atoms with Gasteiger partial charge in [0.05, 0.1) is 6.54 Å². The molecule has 0 aromatic heterocycles. The summed E-state index contributed by atoms with van der Waals surface area (Å²) in [5, 5.41) is 0. The molecule has 2 nitrogen and oxygen atoms in total. The summed E-state index contributed by atoms with van der Waals surface area (Å²) in [5.41, 5.74) is 2.18. The maximum atomic E-state index is 12.1. The van der Waals surface area contributed by atoms with E-state index in [4.69, 9.17) is 0 Å². The average molecular weight is 253 g/mol. The summed E-state index contributed by atoms with van der Waals surface area (Å²) in [6.45, 7) is 3.38. The van der Waals surface area contributed by atoms with Crippen LogP contribution in [0.3, 0.4) is 0 Å². The van der Waals surface area contributed by atoms with Crippen LogP contribution in [0.2, 0.25) is 0 Å². The molecule has 0 amide bonds. The standard InChI is InChI=1S/C17H19NO/c1-2-18(16-11-7-4-8-12-16)14-17(19)13-15-9-5-3-6-10-15/h3-12H,2,13-14H2,1H3. The molecule has 0 N–H and O–H groups in total. The zero-order valence-electron chi connectivity index (χ0n) is 11.3. The Balaban J connectivity index is 1.97. The van der Waals surface area contributed by atoms with E-state index in [2.05, 4.69) is 11.8 Å². The molecule has 0 atom stereocenters. The second-order valence-electron chi connectivity index (χ2n) is 4.55. The van der Waals surface area contributed by atoms with Crippen LogP contribution in [-0.4, -0.2) is 18.9 Å². The van der Waals surface area contributed by atoms with E-state index >= 15 is 0 Å². The van der Waals surface area contributed by atoms with Gasteiger partial charge in [-0.05, 0) is 24.6 Å². The Labute approximate surface area is 114 Å². The number of hydrogen-bond acceptors (Lipinski definition) is 2. The van der Waals surface area contributed by atoms with Crippen LogP contribution in [0.15, 0.2) is 60.7 Å². The molecule has 2 aromatic carbocycles. The molecule has 2 aromatic rings. The third-order valence-electron chi connectivity index (χ3n) is 3.11. The van der Waals surface area contributed by atoms with Crippen LogP contribution in [0.4, 0.5) is 5.69 Å². The first-order valence-corrected chi connectivity index (χ1v) is 6.65. The van der Waals surface area contributed by atoms with E-state index < -0.39 is 0 Å². The number of Topliss-reactive ketones (excluding diaryl/α,β-unsaturated/α-hetero) is 1. The topological polar surface area (TPSA) is 20.3 Å². The zero-order chi connectivity index (χ0) is 13.5. The number of benzene rings is 2. The molecule has 19 heavy (non-hydrogen) atoms. The maximum Gasteiger partial charge on any atom is 0.156 e. The number of nitrogens with zero attached hydrogens (tertiary/aromatic N) is 1. The first kappa shape index (κ1) is 13.3. The van der Waals surface area contributed by atoms with Gasteiger partial charge in [0, 0.05) is 18.7 Å².